The number of nitrogens with zero attached hydrogens (tertiary/aromatic N) is 4. The molecule has 0 saturated carbocycles. The van der Waals surface area contributed by atoms with Gasteiger partial charge in [0.25, 0.3) is 0 Å². The Bertz CT molecular complexity index is 850. The highest BCUT2D eigenvalue weighted by Gasteiger charge is 2.09. The summed E-state index contributed by atoms with van der Waals surface area (Å²) in [7, 11) is 0. The molecule has 20 heavy (non-hydrogen) atoms. The van der Waals surface area contributed by atoms with Gasteiger partial charge >= 0.3 is 0 Å². The minimum Gasteiger partial charge on any atom is -0.472 e. The highest BCUT2D eigenvalue weighted by Crippen LogP contribution is 2.25. The molecule has 0 unspecified atom stereocenters. The first-order valence-electron chi connectivity index (χ1n) is 6.18. The van der Waals surface area contributed by atoms with Crippen LogP contribution in [-0.2, 0) is 0 Å². The van der Waals surface area contributed by atoms with Gasteiger partial charge < -0.3 is 4.42 Å². The number of pyridine rings is 1. The maximum atomic E-state index is 5.11. The lowest BCUT2D eigenvalue weighted by Crippen LogP contribution is -1.92. The second-order valence-corrected chi connectivity index (χ2v) is 4.42. The third-order valence-corrected chi connectivity index (χ3v) is 3.20. The second kappa shape index (κ2) is 4.31. The van der Waals surface area contributed by atoms with Gasteiger partial charge in [-0.15, -0.1) is 0 Å². The van der Waals surface area contributed by atoms with Crippen LogP contribution < -0.4 is 0 Å². The molecule has 0 aliphatic heterocycles. The Balaban J connectivity index is 1.87. The number of rotatable bonds is 2. The van der Waals surface area contributed by atoms with Crippen LogP contribution in [0.25, 0.3) is 27.9 Å². The van der Waals surface area contributed by atoms with Crippen LogP contribution in [0.5, 0.6) is 0 Å². The summed E-state index contributed by atoms with van der Waals surface area (Å²) in [5, 5.41) is 4.36. The minimum atomic E-state index is 0.809. The summed E-state index contributed by atoms with van der Waals surface area (Å²) < 4.78 is 6.88. The maximum absolute atomic E-state index is 5.11. The predicted octanol–water partition coefficient (Wildman–Crippen LogP) is 3.05. The summed E-state index contributed by atoms with van der Waals surface area (Å²) in [6.07, 6.45) is 12.5. The van der Waals surface area contributed by atoms with Crippen molar-refractivity contribution in [3.05, 3.63) is 61.7 Å². The Labute approximate surface area is 114 Å². The fourth-order valence-electron chi connectivity index (χ4n) is 2.19. The Kier molecular flexibility index (Phi) is 2.35. The van der Waals surface area contributed by atoms with Crippen molar-refractivity contribution in [3.63, 3.8) is 0 Å². The topological polar surface area (TPSA) is 56.2 Å². The molecule has 0 spiro atoms. The zero-order chi connectivity index (χ0) is 13.4. The molecule has 0 saturated heterocycles. The van der Waals surface area contributed by atoms with Crippen LogP contribution >= 0.6 is 0 Å². The number of hydrogen-bond acceptors (Lipinski definition) is 4. The molecule has 4 rings (SSSR count). The molecule has 0 bridgehead atoms. The average Bonchev–Trinajstić information content (AvgIpc) is 3.16. The van der Waals surface area contributed by atoms with Crippen LogP contribution in [0.4, 0.5) is 0 Å². The fourth-order valence-corrected chi connectivity index (χ4v) is 2.19. The maximum Gasteiger partial charge on any atom is 0.162 e. The van der Waals surface area contributed by atoms with Crippen molar-refractivity contribution in [1.82, 2.24) is 19.6 Å². The van der Waals surface area contributed by atoms with Crippen molar-refractivity contribution >= 4 is 5.65 Å². The van der Waals surface area contributed by atoms with E-state index >= 15 is 0 Å². The van der Waals surface area contributed by atoms with Gasteiger partial charge in [-0.3, -0.25) is 4.98 Å². The number of aromatic nitrogens is 4. The first-order chi connectivity index (χ1) is 9.92. The van der Waals surface area contributed by atoms with E-state index < -0.39 is 0 Å². The standard InChI is InChI=1S/C15H10N4O/c1-4-16-5-2-11(1)13-7-17-15-14(8-18-19(15)9-13)12-3-6-20-10-12/h1-10H. The normalized spacial score (nSPS) is 11.0. The van der Waals surface area contributed by atoms with Crippen molar-refractivity contribution in [3.8, 4) is 22.3 Å². The number of furan rings is 1. The number of fused-ring (bicyclic) bond motifs is 1. The summed E-state index contributed by atoms with van der Waals surface area (Å²) in [4.78, 5) is 8.53. The summed E-state index contributed by atoms with van der Waals surface area (Å²) in [6.45, 7) is 0. The SMILES string of the molecule is c1cc(-c2cnc3c(-c4ccoc4)cnn3c2)ccn1. The zero-order valence-corrected chi connectivity index (χ0v) is 10.5. The van der Waals surface area contributed by atoms with Crippen LogP contribution in [0.2, 0.25) is 0 Å². The molecule has 0 aromatic carbocycles. The molecule has 4 heterocycles. The van der Waals surface area contributed by atoms with Crippen LogP contribution in [0.1, 0.15) is 0 Å². The summed E-state index contributed by atoms with van der Waals surface area (Å²) in [5.41, 5.74) is 4.81. The van der Waals surface area contributed by atoms with Gasteiger partial charge in [0.15, 0.2) is 5.65 Å². The Morgan fingerprint density at radius 1 is 0.950 bits per heavy atom. The third kappa shape index (κ3) is 1.68. The molecule has 0 fully saturated rings. The molecule has 0 N–H and O–H groups in total. The molecule has 0 aliphatic rings. The average molecular weight is 262 g/mol. The first kappa shape index (κ1) is 10.9. The van der Waals surface area contributed by atoms with Crippen LogP contribution in [0.15, 0.2) is 66.1 Å². The van der Waals surface area contributed by atoms with Crippen molar-refractivity contribution in [2.45, 2.75) is 0 Å². The van der Waals surface area contributed by atoms with Crippen molar-refractivity contribution in [2.75, 3.05) is 0 Å². The Hall–Kier alpha value is -2.95. The van der Waals surface area contributed by atoms with E-state index in [1.807, 2.05) is 30.6 Å². The van der Waals surface area contributed by atoms with Gasteiger partial charge in [0.2, 0.25) is 0 Å². The van der Waals surface area contributed by atoms with Gasteiger partial charge in [-0.1, -0.05) is 0 Å². The van der Waals surface area contributed by atoms with Gasteiger partial charge in [-0.05, 0) is 23.8 Å². The lowest BCUT2D eigenvalue weighted by Gasteiger charge is -2.01. The molecule has 5 heteroatoms. The fraction of sp³-hybridized carbons (Fsp3) is 0. The first-order valence-corrected chi connectivity index (χ1v) is 6.18. The second-order valence-electron chi connectivity index (χ2n) is 4.42. The third-order valence-electron chi connectivity index (χ3n) is 3.20. The minimum absolute atomic E-state index is 0.809. The molecule has 0 aliphatic carbocycles. The Morgan fingerprint density at radius 3 is 2.65 bits per heavy atom. The summed E-state index contributed by atoms with van der Waals surface area (Å²) >= 11 is 0. The van der Waals surface area contributed by atoms with E-state index in [0.717, 1.165) is 27.9 Å². The van der Waals surface area contributed by atoms with Crippen LogP contribution in [0.3, 0.4) is 0 Å². The highest BCUT2D eigenvalue weighted by molar-refractivity contribution is 5.77. The van der Waals surface area contributed by atoms with Crippen molar-refractivity contribution < 1.29 is 4.42 Å². The van der Waals surface area contributed by atoms with Crippen LogP contribution in [0, 0.1) is 0 Å². The van der Waals surface area contributed by atoms with Crippen molar-refractivity contribution in [2.24, 2.45) is 0 Å². The van der Waals surface area contributed by atoms with E-state index in [4.69, 9.17) is 4.42 Å². The molecule has 4 aromatic heterocycles. The van der Waals surface area contributed by atoms with Gasteiger partial charge in [-0.2, -0.15) is 5.10 Å². The number of hydrogen-bond donors (Lipinski definition) is 0. The summed E-state index contributed by atoms with van der Waals surface area (Å²) in [6, 6.07) is 5.79. The van der Waals surface area contributed by atoms with Gasteiger partial charge in [0.05, 0.1) is 18.7 Å². The quantitative estimate of drug-likeness (QED) is 0.557. The smallest absolute Gasteiger partial charge is 0.162 e. The van der Waals surface area contributed by atoms with Crippen LogP contribution in [-0.4, -0.2) is 19.6 Å². The van der Waals surface area contributed by atoms with Gasteiger partial charge in [0, 0.05) is 41.5 Å². The highest BCUT2D eigenvalue weighted by atomic mass is 16.3. The summed E-state index contributed by atoms with van der Waals surface area (Å²) in [5.74, 6) is 0. The van der Waals surface area contributed by atoms with Gasteiger partial charge in [0.1, 0.15) is 0 Å². The van der Waals surface area contributed by atoms with Crippen molar-refractivity contribution in [1.29, 1.82) is 0 Å². The van der Waals surface area contributed by atoms with E-state index in [1.165, 1.54) is 0 Å². The monoisotopic (exact) mass is 262 g/mol. The lowest BCUT2D eigenvalue weighted by molar-refractivity contribution is 0.568. The molecule has 96 valence electrons. The molecular formula is C15H10N4O. The van der Waals surface area contributed by atoms with E-state index in [9.17, 15) is 0 Å². The largest absolute Gasteiger partial charge is 0.472 e. The molecule has 4 aromatic rings. The lowest BCUT2D eigenvalue weighted by atomic mass is 10.1. The Morgan fingerprint density at radius 2 is 1.85 bits per heavy atom. The molecule has 0 radical (unpaired) electrons. The molecule has 5 nitrogen and oxygen atoms in total. The van der Waals surface area contributed by atoms with E-state index in [0.29, 0.717) is 0 Å². The predicted molar refractivity (Wildman–Crippen MR) is 73.9 cm³/mol. The molecule has 0 amide bonds. The van der Waals surface area contributed by atoms with E-state index in [1.54, 1.807) is 35.6 Å². The molecular weight excluding hydrogens is 252 g/mol. The van der Waals surface area contributed by atoms with Gasteiger partial charge in [-0.25, -0.2) is 9.50 Å². The zero-order valence-electron chi connectivity index (χ0n) is 10.5. The van der Waals surface area contributed by atoms with E-state index in [-0.39, 0.29) is 0 Å². The van der Waals surface area contributed by atoms with E-state index in [2.05, 4.69) is 15.1 Å². The molecule has 0 atom stereocenters.